The molecule has 0 saturated carbocycles. The zero-order valence-electron chi connectivity index (χ0n) is 15.2. The molecule has 0 aliphatic carbocycles. The fraction of sp³-hybridized carbons (Fsp3) is 0.300. The fourth-order valence-electron chi connectivity index (χ4n) is 2.20. The van der Waals surface area contributed by atoms with E-state index in [1.54, 1.807) is 30.3 Å². The standard InChI is InChI=1S/C20H23NO5/c1-4-24-16-8-10-17(11-9-16)25-13-20(23)26-12-19(22)21-18-7-5-6-14(2)15(18)3/h5-11H,4,12-13H2,1-3H3,(H,21,22). The van der Waals surface area contributed by atoms with E-state index in [9.17, 15) is 9.59 Å². The Labute approximate surface area is 153 Å². The van der Waals surface area contributed by atoms with Crippen LogP contribution < -0.4 is 14.8 Å². The summed E-state index contributed by atoms with van der Waals surface area (Å²) in [5.74, 6) is 0.235. The van der Waals surface area contributed by atoms with Crippen LogP contribution in [0.25, 0.3) is 0 Å². The van der Waals surface area contributed by atoms with Crippen LogP contribution in [0.5, 0.6) is 11.5 Å². The largest absolute Gasteiger partial charge is 0.494 e. The first-order chi connectivity index (χ1) is 12.5. The van der Waals surface area contributed by atoms with E-state index >= 15 is 0 Å². The molecule has 2 aromatic rings. The van der Waals surface area contributed by atoms with Crippen LogP contribution in [-0.4, -0.2) is 31.7 Å². The van der Waals surface area contributed by atoms with Crippen LogP contribution in [0.2, 0.25) is 0 Å². The lowest BCUT2D eigenvalue weighted by molar-refractivity contribution is -0.149. The molecule has 0 fully saturated rings. The van der Waals surface area contributed by atoms with Crippen LogP contribution in [0.3, 0.4) is 0 Å². The van der Waals surface area contributed by atoms with Gasteiger partial charge in [0.2, 0.25) is 0 Å². The number of carbonyl (C=O) groups excluding carboxylic acids is 2. The summed E-state index contributed by atoms with van der Waals surface area (Å²) in [6.45, 7) is 5.72. The zero-order valence-corrected chi connectivity index (χ0v) is 15.2. The first-order valence-corrected chi connectivity index (χ1v) is 8.37. The summed E-state index contributed by atoms with van der Waals surface area (Å²) in [7, 11) is 0. The zero-order chi connectivity index (χ0) is 18.9. The third kappa shape index (κ3) is 5.81. The van der Waals surface area contributed by atoms with Gasteiger partial charge in [-0.25, -0.2) is 4.79 Å². The summed E-state index contributed by atoms with van der Waals surface area (Å²) in [4.78, 5) is 23.6. The average molecular weight is 357 g/mol. The molecule has 1 N–H and O–H groups in total. The summed E-state index contributed by atoms with van der Waals surface area (Å²) >= 11 is 0. The normalized spacial score (nSPS) is 10.1. The molecule has 0 atom stereocenters. The number of rotatable bonds is 8. The second-order valence-corrected chi connectivity index (χ2v) is 5.65. The lowest BCUT2D eigenvalue weighted by atomic mass is 10.1. The molecular formula is C20H23NO5. The van der Waals surface area contributed by atoms with E-state index in [-0.39, 0.29) is 13.2 Å². The Morgan fingerprint density at radius 3 is 2.23 bits per heavy atom. The fourth-order valence-corrected chi connectivity index (χ4v) is 2.20. The van der Waals surface area contributed by atoms with Gasteiger partial charge in [0.05, 0.1) is 6.61 Å². The highest BCUT2D eigenvalue weighted by Crippen LogP contribution is 2.18. The van der Waals surface area contributed by atoms with Gasteiger partial charge in [-0.15, -0.1) is 0 Å². The molecule has 0 unspecified atom stereocenters. The van der Waals surface area contributed by atoms with Gasteiger partial charge in [-0.2, -0.15) is 0 Å². The highest BCUT2D eigenvalue weighted by Gasteiger charge is 2.10. The molecule has 0 spiro atoms. The van der Waals surface area contributed by atoms with Crippen LogP contribution in [0.15, 0.2) is 42.5 Å². The van der Waals surface area contributed by atoms with Crippen molar-refractivity contribution >= 4 is 17.6 Å². The molecular weight excluding hydrogens is 334 g/mol. The molecule has 26 heavy (non-hydrogen) atoms. The van der Waals surface area contributed by atoms with Gasteiger partial charge in [-0.3, -0.25) is 4.79 Å². The maximum atomic E-state index is 11.9. The Bertz CT molecular complexity index is 755. The quantitative estimate of drug-likeness (QED) is 0.734. The molecule has 1 amide bonds. The molecule has 138 valence electrons. The van der Waals surface area contributed by atoms with E-state index in [2.05, 4.69) is 5.32 Å². The van der Waals surface area contributed by atoms with Crippen LogP contribution >= 0.6 is 0 Å². The van der Waals surface area contributed by atoms with Gasteiger partial charge in [0.1, 0.15) is 11.5 Å². The number of benzene rings is 2. The van der Waals surface area contributed by atoms with E-state index in [0.717, 1.165) is 16.9 Å². The summed E-state index contributed by atoms with van der Waals surface area (Å²) in [6, 6.07) is 12.5. The molecule has 0 aliphatic rings. The van der Waals surface area contributed by atoms with Crippen molar-refractivity contribution in [3.05, 3.63) is 53.6 Å². The molecule has 0 aromatic heterocycles. The molecule has 6 heteroatoms. The summed E-state index contributed by atoms with van der Waals surface area (Å²) in [5.41, 5.74) is 2.76. The van der Waals surface area contributed by atoms with Gasteiger partial charge in [-0.05, 0) is 62.2 Å². The van der Waals surface area contributed by atoms with Crippen molar-refractivity contribution in [2.45, 2.75) is 20.8 Å². The minimum Gasteiger partial charge on any atom is -0.494 e. The maximum absolute atomic E-state index is 11.9. The van der Waals surface area contributed by atoms with Crippen molar-refractivity contribution in [2.24, 2.45) is 0 Å². The van der Waals surface area contributed by atoms with Gasteiger partial charge in [-0.1, -0.05) is 12.1 Å². The highest BCUT2D eigenvalue weighted by molar-refractivity contribution is 5.93. The summed E-state index contributed by atoms with van der Waals surface area (Å²) in [5, 5.41) is 2.73. The second kappa shape index (κ2) is 9.46. The van der Waals surface area contributed by atoms with Crippen LogP contribution in [0, 0.1) is 13.8 Å². The average Bonchev–Trinajstić information content (AvgIpc) is 2.63. The lowest BCUT2D eigenvalue weighted by Gasteiger charge is -2.11. The molecule has 2 rings (SSSR count). The van der Waals surface area contributed by atoms with Gasteiger partial charge < -0.3 is 19.5 Å². The number of aryl methyl sites for hydroxylation is 1. The van der Waals surface area contributed by atoms with E-state index in [0.29, 0.717) is 18.0 Å². The molecule has 0 radical (unpaired) electrons. The minimum absolute atomic E-state index is 0.273. The van der Waals surface area contributed by atoms with Gasteiger partial charge in [0.25, 0.3) is 5.91 Å². The lowest BCUT2D eigenvalue weighted by Crippen LogP contribution is -2.24. The van der Waals surface area contributed by atoms with Crippen molar-refractivity contribution in [1.29, 1.82) is 0 Å². The number of esters is 1. The van der Waals surface area contributed by atoms with E-state index in [1.807, 2.05) is 32.9 Å². The number of anilines is 1. The van der Waals surface area contributed by atoms with Crippen molar-refractivity contribution < 1.29 is 23.8 Å². The summed E-state index contributed by atoms with van der Waals surface area (Å²) < 4.78 is 15.6. The van der Waals surface area contributed by atoms with E-state index in [4.69, 9.17) is 14.2 Å². The number of nitrogens with one attached hydrogen (secondary N) is 1. The maximum Gasteiger partial charge on any atom is 0.344 e. The Hall–Kier alpha value is -3.02. The second-order valence-electron chi connectivity index (χ2n) is 5.65. The van der Waals surface area contributed by atoms with Crippen LogP contribution in [0.4, 0.5) is 5.69 Å². The van der Waals surface area contributed by atoms with E-state index < -0.39 is 11.9 Å². The predicted octanol–water partition coefficient (Wildman–Crippen LogP) is 3.26. The van der Waals surface area contributed by atoms with Gasteiger partial charge in [0.15, 0.2) is 13.2 Å². The van der Waals surface area contributed by atoms with Crippen LogP contribution in [0.1, 0.15) is 18.1 Å². The Balaban J connectivity index is 1.74. The molecule has 0 saturated heterocycles. The predicted molar refractivity (Wildman–Crippen MR) is 98.6 cm³/mol. The Morgan fingerprint density at radius 2 is 1.58 bits per heavy atom. The number of hydrogen-bond donors (Lipinski definition) is 1. The minimum atomic E-state index is -0.616. The van der Waals surface area contributed by atoms with E-state index in [1.165, 1.54) is 0 Å². The van der Waals surface area contributed by atoms with Crippen molar-refractivity contribution in [2.75, 3.05) is 25.1 Å². The molecule has 6 nitrogen and oxygen atoms in total. The van der Waals surface area contributed by atoms with Gasteiger partial charge in [0, 0.05) is 5.69 Å². The first kappa shape index (κ1) is 19.3. The Kier molecular flexibility index (Phi) is 7.02. The number of ether oxygens (including phenoxy) is 3. The third-order valence-electron chi connectivity index (χ3n) is 3.73. The molecule has 0 aliphatic heterocycles. The molecule has 2 aromatic carbocycles. The van der Waals surface area contributed by atoms with Crippen molar-refractivity contribution in [3.8, 4) is 11.5 Å². The highest BCUT2D eigenvalue weighted by atomic mass is 16.6. The monoisotopic (exact) mass is 357 g/mol. The topological polar surface area (TPSA) is 73.9 Å². The van der Waals surface area contributed by atoms with Gasteiger partial charge >= 0.3 is 5.97 Å². The number of carbonyl (C=O) groups is 2. The SMILES string of the molecule is CCOc1ccc(OCC(=O)OCC(=O)Nc2cccc(C)c2C)cc1. The van der Waals surface area contributed by atoms with Crippen molar-refractivity contribution in [3.63, 3.8) is 0 Å². The number of hydrogen-bond acceptors (Lipinski definition) is 5. The van der Waals surface area contributed by atoms with Crippen LogP contribution in [-0.2, 0) is 14.3 Å². The summed E-state index contributed by atoms with van der Waals surface area (Å²) in [6.07, 6.45) is 0. The molecule has 0 bridgehead atoms. The smallest absolute Gasteiger partial charge is 0.344 e. The third-order valence-corrected chi connectivity index (χ3v) is 3.73. The Morgan fingerprint density at radius 1 is 0.923 bits per heavy atom. The van der Waals surface area contributed by atoms with Crippen molar-refractivity contribution in [1.82, 2.24) is 0 Å². The molecule has 0 heterocycles. The number of amides is 1. The first-order valence-electron chi connectivity index (χ1n) is 8.37.